The molecule has 0 radical (unpaired) electrons. The maximum absolute atomic E-state index is 8.55. The Balaban J connectivity index is -0.0000000133. The zero-order valence-electron chi connectivity index (χ0n) is 4.87. The van der Waals surface area contributed by atoms with Crippen LogP contribution in [0.3, 0.4) is 0 Å². The van der Waals surface area contributed by atoms with E-state index in [1.165, 1.54) is 0 Å². The van der Waals surface area contributed by atoms with Gasteiger partial charge in [-0.2, -0.15) is 7.82 Å². The van der Waals surface area contributed by atoms with E-state index < -0.39 is 7.82 Å². The summed E-state index contributed by atoms with van der Waals surface area (Å²) in [7, 11) is -5.39. The molecule has 4 nitrogen and oxygen atoms in total. The molecule has 9 heavy (non-hydrogen) atoms. The molecule has 0 aromatic heterocycles. The van der Waals surface area contributed by atoms with Gasteiger partial charge in [0.1, 0.15) is 0 Å². The minimum atomic E-state index is -5.39. The summed E-state index contributed by atoms with van der Waals surface area (Å²) in [6.07, 6.45) is 0. The van der Waals surface area contributed by atoms with E-state index >= 15 is 0 Å². The summed E-state index contributed by atoms with van der Waals surface area (Å²) in [5.41, 5.74) is 0. The molecule has 0 saturated heterocycles. The van der Waals surface area contributed by atoms with E-state index in [1.54, 1.807) is 0 Å². The summed E-state index contributed by atoms with van der Waals surface area (Å²) >= 11 is 0. The summed E-state index contributed by atoms with van der Waals surface area (Å²) in [4.78, 5) is 25.6. The Morgan fingerprint density at radius 1 is 1.00 bits per heavy atom. The maximum Gasteiger partial charge on any atom is 2.00 e. The Hall–Kier alpha value is 4.56. The van der Waals surface area contributed by atoms with Crippen LogP contribution in [0.15, 0.2) is 0 Å². The third kappa shape index (κ3) is 67.4. The van der Waals surface area contributed by atoms with Crippen molar-refractivity contribution in [3.8, 4) is 0 Å². The molecular weight excluding hydrogens is 250 g/mol. The first-order valence-corrected chi connectivity index (χ1v) is 2.19. The third-order valence-corrected chi connectivity index (χ3v) is 0. The first-order chi connectivity index (χ1) is 2.00. The number of phosphoric acid groups is 1. The molecule has 0 rings (SSSR count). The second-order valence-corrected chi connectivity index (χ2v) is 1.34. The van der Waals surface area contributed by atoms with Gasteiger partial charge in [-0.1, -0.05) is 0 Å². The molecule has 0 aliphatic carbocycles. The molecule has 0 saturated carbocycles. The van der Waals surface area contributed by atoms with E-state index in [2.05, 4.69) is 0 Å². The van der Waals surface area contributed by atoms with Crippen LogP contribution in [-0.2, 0) is 4.57 Å². The van der Waals surface area contributed by atoms with Crippen LogP contribution in [0.25, 0.3) is 0 Å². The molecule has 0 aliphatic rings. The fraction of sp³-hybridized carbons (Fsp3) is 0. The fourth-order valence-corrected chi connectivity index (χ4v) is 0. The summed E-state index contributed by atoms with van der Waals surface area (Å²) in [5.74, 6) is 0. The Morgan fingerprint density at radius 3 is 1.00 bits per heavy atom. The molecule has 0 atom stereocenters. The SMILES string of the molecule is O=P([O-])([O-])[O-].[Ca+2].[Ca+2].[Cl-].[K+]. The van der Waals surface area contributed by atoms with Crippen LogP contribution in [0.5, 0.6) is 0 Å². The van der Waals surface area contributed by atoms with Crippen LogP contribution in [0.1, 0.15) is 0 Å². The Morgan fingerprint density at radius 2 is 1.00 bits per heavy atom. The molecule has 0 aromatic rings. The van der Waals surface area contributed by atoms with Gasteiger partial charge < -0.3 is 31.7 Å². The quantitative estimate of drug-likeness (QED) is 0.315. The van der Waals surface area contributed by atoms with Crippen molar-refractivity contribution in [2.24, 2.45) is 0 Å². The molecule has 0 amide bonds. The molecule has 0 fully saturated rings. The summed E-state index contributed by atoms with van der Waals surface area (Å²) < 4.78 is 8.55. The minimum absolute atomic E-state index is 0. The van der Waals surface area contributed by atoms with Crippen molar-refractivity contribution in [3.05, 3.63) is 0 Å². The minimum Gasteiger partial charge on any atom is -1.00 e. The second-order valence-electron chi connectivity index (χ2n) is 0.447. The van der Waals surface area contributed by atoms with Crippen LogP contribution in [-0.4, -0.2) is 75.5 Å². The first-order valence-electron chi connectivity index (χ1n) is 0.730. The van der Waals surface area contributed by atoms with Gasteiger partial charge in [-0.3, -0.25) is 0 Å². The summed E-state index contributed by atoms with van der Waals surface area (Å²) in [6.45, 7) is 0. The van der Waals surface area contributed by atoms with Crippen LogP contribution in [0.4, 0.5) is 0 Å². The number of hydrogen-bond donors (Lipinski definition) is 0. The summed E-state index contributed by atoms with van der Waals surface area (Å²) in [5, 5.41) is 0. The molecule has 0 aromatic carbocycles. The van der Waals surface area contributed by atoms with E-state index in [1.807, 2.05) is 0 Å². The van der Waals surface area contributed by atoms with Gasteiger partial charge in [0.25, 0.3) is 0 Å². The number of rotatable bonds is 0. The van der Waals surface area contributed by atoms with Gasteiger partial charge in [0, 0.05) is 0 Å². The average molecular weight is 250 g/mol. The molecule has 0 aliphatic heterocycles. The monoisotopic (exact) mass is 249 g/mol. The van der Waals surface area contributed by atoms with E-state index in [0.29, 0.717) is 0 Å². The molecule has 9 heteroatoms. The largest absolute Gasteiger partial charge is 2.00 e. The van der Waals surface area contributed by atoms with Crippen molar-refractivity contribution >= 4 is 83.3 Å². The van der Waals surface area contributed by atoms with Crippen molar-refractivity contribution in [3.63, 3.8) is 0 Å². The van der Waals surface area contributed by atoms with Crippen molar-refractivity contribution in [1.82, 2.24) is 0 Å². The Bertz CT molecular complexity index is 64.7. The topological polar surface area (TPSA) is 86.2 Å². The molecule has 0 heterocycles. The van der Waals surface area contributed by atoms with Gasteiger partial charge in [0.15, 0.2) is 0 Å². The van der Waals surface area contributed by atoms with E-state index in [-0.39, 0.29) is 139 Å². The predicted octanol–water partition coefficient (Wildman–Crippen LogP) is -9.58. The number of halogens is 1. The number of hydrogen-bond acceptors (Lipinski definition) is 4. The van der Waals surface area contributed by atoms with Gasteiger partial charge >= 0.3 is 127 Å². The molecule has 0 spiro atoms. The van der Waals surface area contributed by atoms with Gasteiger partial charge in [-0.05, 0) is 0 Å². The average Bonchev–Trinajstić information content (AvgIpc) is 0.722. The van der Waals surface area contributed by atoms with E-state index in [9.17, 15) is 0 Å². The van der Waals surface area contributed by atoms with Crippen LogP contribution < -0.4 is 78.5 Å². The van der Waals surface area contributed by atoms with Crippen LogP contribution >= 0.6 is 7.82 Å². The standard InChI is InChI=1S/2Ca.ClH.K.H3O4P/c;;;;1-5(2,3)4/h;;1H;;(H3,1,2,3,4)/q2*+2;;+1;/p-4. The molecule has 0 bridgehead atoms. The van der Waals surface area contributed by atoms with Gasteiger partial charge in [-0.25, -0.2) is 0 Å². The predicted molar refractivity (Wildman–Crippen MR) is 19.1 cm³/mol. The smallest absolute Gasteiger partial charge is 1.00 e. The Kier molecular flexibility index (Phi) is 48.8. The fourth-order valence-electron chi connectivity index (χ4n) is 0. The van der Waals surface area contributed by atoms with E-state index in [0.717, 1.165) is 0 Å². The zero-order chi connectivity index (χ0) is 4.50. The van der Waals surface area contributed by atoms with E-state index in [4.69, 9.17) is 19.2 Å². The van der Waals surface area contributed by atoms with Crippen molar-refractivity contribution < 1.29 is 83.0 Å². The molecule has 40 valence electrons. The van der Waals surface area contributed by atoms with Crippen molar-refractivity contribution in [2.75, 3.05) is 0 Å². The first kappa shape index (κ1) is 29.2. The van der Waals surface area contributed by atoms with Gasteiger partial charge in [0.05, 0.1) is 0 Å². The maximum atomic E-state index is 8.55. The molecule has 0 unspecified atom stereocenters. The summed E-state index contributed by atoms with van der Waals surface area (Å²) in [6, 6.07) is 0. The van der Waals surface area contributed by atoms with Gasteiger partial charge in [-0.15, -0.1) is 0 Å². The van der Waals surface area contributed by atoms with Crippen LogP contribution in [0, 0.1) is 0 Å². The normalized spacial score (nSPS) is 6.56. The van der Waals surface area contributed by atoms with Crippen LogP contribution in [0.2, 0.25) is 0 Å². The van der Waals surface area contributed by atoms with Crippen molar-refractivity contribution in [1.29, 1.82) is 0 Å². The molecular formula is Ca2ClKO4P+. The van der Waals surface area contributed by atoms with Gasteiger partial charge in [0.2, 0.25) is 0 Å². The second kappa shape index (κ2) is 15.0. The Labute approximate surface area is 162 Å². The van der Waals surface area contributed by atoms with Crippen molar-refractivity contribution in [2.45, 2.75) is 0 Å². The zero-order valence-corrected chi connectivity index (χ0v) is 14.1. The third-order valence-electron chi connectivity index (χ3n) is 0. The molecule has 0 N–H and O–H groups in total.